The van der Waals surface area contributed by atoms with Gasteiger partial charge < -0.3 is 10.6 Å². The van der Waals surface area contributed by atoms with Crippen molar-refractivity contribution in [2.24, 2.45) is 5.73 Å². The smallest absolute Gasteiger partial charge is 0.211 e. The number of halogens is 1. The summed E-state index contributed by atoms with van der Waals surface area (Å²) in [6.07, 6.45) is 2.03. The molecule has 0 aromatic heterocycles. The number of hydrogen-bond acceptors (Lipinski definition) is 4. The van der Waals surface area contributed by atoms with Crippen molar-refractivity contribution < 1.29 is 8.42 Å². The molecule has 1 aromatic rings. The number of rotatable bonds is 4. The molecule has 21 heavy (non-hydrogen) atoms. The maximum atomic E-state index is 11.6. The van der Waals surface area contributed by atoms with E-state index >= 15 is 0 Å². The van der Waals surface area contributed by atoms with Gasteiger partial charge in [0, 0.05) is 42.9 Å². The predicted molar refractivity (Wildman–Crippen MR) is 87.4 cm³/mol. The van der Waals surface area contributed by atoms with Crippen LogP contribution in [-0.4, -0.2) is 51.2 Å². The number of anilines is 1. The van der Waals surface area contributed by atoms with Gasteiger partial charge >= 0.3 is 0 Å². The van der Waals surface area contributed by atoms with Gasteiger partial charge in [-0.15, -0.1) is 0 Å². The Hall–Kier alpha value is -0.820. The zero-order valence-corrected chi connectivity index (χ0v) is 14.0. The first-order valence-electron chi connectivity index (χ1n) is 7.01. The van der Waals surface area contributed by atoms with E-state index in [0.29, 0.717) is 31.2 Å². The predicted octanol–water partition coefficient (Wildman–Crippen LogP) is 1.31. The van der Waals surface area contributed by atoms with Crippen molar-refractivity contribution in [3.8, 4) is 0 Å². The average molecular weight is 332 g/mol. The largest absolute Gasteiger partial charge is 0.369 e. The standard InChI is InChI=1S/C14H22ClN3O2S/c1-11(16)9-12-3-4-13(15)10-14(12)17-5-7-18(8-6-17)21(2,19)20/h3-4,10-11H,5-9,16H2,1-2H3. The summed E-state index contributed by atoms with van der Waals surface area (Å²) in [7, 11) is -3.11. The lowest BCUT2D eigenvalue weighted by molar-refractivity contribution is 0.387. The number of benzene rings is 1. The molecule has 5 nitrogen and oxygen atoms in total. The minimum absolute atomic E-state index is 0.0715. The van der Waals surface area contributed by atoms with Crippen LogP contribution in [0.15, 0.2) is 18.2 Å². The van der Waals surface area contributed by atoms with E-state index in [1.807, 2.05) is 25.1 Å². The van der Waals surface area contributed by atoms with Gasteiger partial charge in [0.25, 0.3) is 0 Å². The van der Waals surface area contributed by atoms with E-state index in [9.17, 15) is 8.42 Å². The zero-order chi connectivity index (χ0) is 15.6. The Bertz CT molecular complexity index is 596. The number of piperazine rings is 1. The molecule has 2 N–H and O–H groups in total. The van der Waals surface area contributed by atoms with E-state index in [1.54, 1.807) is 0 Å². The zero-order valence-electron chi connectivity index (χ0n) is 12.4. The van der Waals surface area contributed by atoms with Crippen molar-refractivity contribution in [1.82, 2.24) is 4.31 Å². The Morgan fingerprint density at radius 3 is 2.43 bits per heavy atom. The number of sulfonamides is 1. The van der Waals surface area contributed by atoms with Crippen LogP contribution in [0.4, 0.5) is 5.69 Å². The van der Waals surface area contributed by atoms with E-state index in [1.165, 1.54) is 10.6 Å². The second-order valence-corrected chi connectivity index (χ2v) is 8.02. The first-order chi connectivity index (χ1) is 9.77. The summed E-state index contributed by atoms with van der Waals surface area (Å²) >= 11 is 6.11. The van der Waals surface area contributed by atoms with Gasteiger partial charge in [0.15, 0.2) is 0 Å². The third kappa shape index (κ3) is 4.32. The highest BCUT2D eigenvalue weighted by molar-refractivity contribution is 7.88. The van der Waals surface area contributed by atoms with Crippen molar-refractivity contribution in [3.63, 3.8) is 0 Å². The molecule has 1 fully saturated rings. The van der Waals surface area contributed by atoms with Crippen molar-refractivity contribution >= 4 is 27.3 Å². The Morgan fingerprint density at radius 2 is 1.90 bits per heavy atom. The molecule has 1 aromatic carbocycles. The van der Waals surface area contributed by atoms with E-state index in [2.05, 4.69) is 4.90 Å². The molecule has 1 aliphatic rings. The monoisotopic (exact) mass is 331 g/mol. The van der Waals surface area contributed by atoms with Gasteiger partial charge in [-0.1, -0.05) is 17.7 Å². The summed E-state index contributed by atoms with van der Waals surface area (Å²) in [5.41, 5.74) is 8.12. The van der Waals surface area contributed by atoms with Gasteiger partial charge in [0.05, 0.1) is 6.26 Å². The third-order valence-electron chi connectivity index (χ3n) is 3.64. The van der Waals surface area contributed by atoms with E-state index < -0.39 is 10.0 Å². The third-order valence-corrected chi connectivity index (χ3v) is 5.18. The maximum absolute atomic E-state index is 11.6. The molecule has 0 bridgehead atoms. The van der Waals surface area contributed by atoms with Crippen LogP contribution in [0, 0.1) is 0 Å². The summed E-state index contributed by atoms with van der Waals surface area (Å²) in [6.45, 7) is 4.31. The van der Waals surface area contributed by atoms with Crippen molar-refractivity contribution in [1.29, 1.82) is 0 Å². The molecule has 0 spiro atoms. The van der Waals surface area contributed by atoms with Crippen LogP contribution in [0.25, 0.3) is 0 Å². The van der Waals surface area contributed by atoms with Gasteiger partial charge in [-0.3, -0.25) is 0 Å². The van der Waals surface area contributed by atoms with E-state index in [4.69, 9.17) is 17.3 Å². The highest BCUT2D eigenvalue weighted by Crippen LogP contribution is 2.27. The second-order valence-electron chi connectivity index (χ2n) is 5.60. The van der Waals surface area contributed by atoms with Crippen LogP contribution >= 0.6 is 11.6 Å². The SMILES string of the molecule is CC(N)Cc1ccc(Cl)cc1N1CCN(S(C)(=O)=O)CC1. The van der Waals surface area contributed by atoms with Crippen LogP contribution in [0.2, 0.25) is 5.02 Å². The highest BCUT2D eigenvalue weighted by atomic mass is 35.5. The fourth-order valence-corrected chi connectivity index (χ4v) is 3.60. The Morgan fingerprint density at radius 1 is 1.29 bits per heavy atom. The minimum Gasteiger partial charge on any atom is -0.369 e. The van der Waals surface area contributed by atoms with Crippen LogP contribution in [0.3, 0.4) is 0 Å². The molecular formula is C14H22ClN3O2S. The number of nitrogens with zero attached hydrogens (tertiary/aromatic N) is 2. The molecule has 0 radical (unpaired) electrons. The summed E-state index contributed by atoms with van der Waals surface area (Å²) in [6, 6.07) is 5.89. The Kier molecular flexibility index (Phi) is 5.14. The van der Waals surface area contributed by atoms with Gasteiger partial charge in [-0.2, -0.15) is 4.31 Å². The molecular weight excluding hydrogens is 310 g/mol. The molecule has 1 saturated heterocycles. The van der Waals surface area contributed by atoms with Crippen LogP contribution in [0.1, 0.15) is 12.5 Å². The first kappa shape index (κ1) is 16.5. The summed E-state index contributed by atoms with van der Waals surface area (Å²) in [5.74, 6) is 0. The lowest BCUT2D eigenvalue weighted by Crippen LogP contribution is -2.48. The molecule has 0 saturated carbocycles. The average Bonchev–Trinajstić information content (AvgIpc) is 2.39. The topological polar surface area (TPSA) is 66.6 Å². The molecule has 0 amide bonds. The van der Waals surface area contributed by atoms with Crippen LogP contribution in [-0.2, 0) is 16.4 Å². The molecule has 7 heteroatoms. The van der Waals surface area contributed by atoms with Gasteiger partial charge in [0.1, 0.15) is 0 Å². The molecule has 118 valence electrons. The van der Waals surface area contributed by atoms with Crippen molar-refractivity contribution in [2.75, 3.05) is 37.3 Å². The summed E-state index contributed by atoms with van der Waals surface area (Å²) < 4.78 is 24.6. The van der Waals surface area contributed by atoms with Crippen molar-refractivity contribution in [3.05, 3.63) is 28.8 Å². The van der Waals surface area contributed by atoms with E-state index in [0.717, 1.165) is 17.7 Å². The lowest BCUT2D eigenvalue weighted by atomic mass is 10.0. The van der Waals surface area contributed by atoms with Crippen LogP contribution in [0.5, 0.6) is 0 Å². The Balaban J connectivity index is 2.17. The lowest BCUT2D eigenvalue weighted by Gasteiger charge is -2.36. The van der Waals surface area contributed by atoms with E-state index in [-0.39, 0.29) is 6.04 Å². The fourth-order valence-electron chi connectivity index (χ4n) is 2.61. The van der Waals surface area contributed by atoms with Crippen LogP contribution < -0.4 is 10.6 Å². The second kappa shape index (κ2) is 6.52. The molecule has 1 unspecified atom stereocenters. The summed E-state index contributed by atoms with van der Waals surface area (Å²) in [4.78, 5) is 2.19. The molecule has 1 aliphatic heterocycles. The van der Waals surface area contributed by atoms with Gasteiger partial charge in [0.2, 0.25) is 10.0 Å². The molecule has 1 atom stereocenters. The normalized spacial score (nSPS) is 18.8. The fraction of sp³-hybridized carbons (Fsp3) is 0.571. The maximum Gasteiger partial charge on any atom is 0.211 e. The first-order valence-corrected chi connectivity index (χ1v) is 9.24. The quantitative estimate of drug-likeness (QED) is 0.903. The summed E-state index contributed by atoms with van der Waals surface area (Å²) in [5, 5.41) is 0.684. The van der Waals surface area contributed by atoms with Crippen molar-refractivity contribution in [2.45, 2.75) is 19.4 Å². The highest BCUT2D eigenvalue weighted by Gasteiger charge is 2.24. The number of hydrogen-bond donors (Lipinski definition) is 1. The molecule has 0 aliphatic carbocycles. The van der Waals surface area contributed by atoms with Gasteiger partial charge in [-0.05, 0) is 31.0 Å². The molecule has 2 rings (SSSR count). The Labute approximate surface area is 131 Å². The molecule has 1 heterocycles. The minimum atomic E-state index is -3.11. The van der Waals surface area contributed by atoms with Gasteiger partial charge in [-0.25, -0.2) is 8.42 Å². The number of nitrogens with two attached hydrogens (primary N) is 1.